The first-order chi connectivity index (χ1) is 11.1. The van der Waals surface area contributed by atoms with Crippen LogP contribution >= 0.6 is 0 Å². The number of unbranched alkanes of at least 4 members (excludes halogenated alkanes) is 1. The molecule has 1 heterocycles. The fourth-order valence-corrected chi connectivity index (χ4v) is 4.49. The van der Waals surface area contributed by atoms with Crippen LogP contribution in [0.1, 0.15) is 57.8 Å². The SMILES string of the molecule is COC[C@@H]1CCCN1/N=C/CCCS(=O)(=O)OC1CCCCC1. The van der Waals surface area contributed by atoms with E-state index in [0.29, 0.717) is 25.5 Å². The molecule has 1 saturated heterocycles. The third-order valence-corrected chi connectivity index (χ3v) is 5.85. The normalized spacial score (nSPS) is 23.9. The van der Waals surface area contributed by atoms with E-state index in [1.807, 2.05) is 6.21 Å². The van der Waals surface area contributed by atoms with E-state index in [1.165, 1.54) is 6.42 Å². The molecule has 2 fully saturated rings. The second-order valence-corrected chi connectivity index (χ2v) is 8.19. The molecule has 0 radical (unpaired) electrons. The zero-order valence-corrected chi connectivity index (χ0v) is 15.0. The van der Waals surface area contributed by atoms with Gasteiger partial charge in [0.15, 0.2) is 0 Å². The van der Waals surface area contributed by atoms with Gasteiger partial charge >= 0.3 is 0 Å². The third kappa shape index (κ3) is 6.77. The van der Waals surface area contributed by atoms with Gasteiger partial charge < -0.3 is 4.74 Å². The largest absolute Gasteiger partial charge is 0.382 e. The molecular weight excluding hydrogens is 316 g/mol. The van der Waals surface area contributed by atoms with Crippen LogP contribution in [0.25, 0.3) is 0 Å². The van der Waals surface area contributed by atoms with Crippen LogP contribution in [0.15, 0.2) is 5.10 Å². The number of rotatable bonds is 9. The number of hydrazone groups is 1. The van der Waals surface area contributed by atoms with Gasteiger partial charge in [-0.2, -0.15) is 13.5 Å². The van der Waals surface area contributed by atoms with Crippen LogP contribution in [0.2, 0.25) is 0 Å². The molecule has 1 aliphatic carbocycles. The zero-order valence-electron chi connectivity index (χ0n) is 14.2. The van der Waals surface area contributed by atoms with E-state index in [2.05, 4.69) is 10.1 Å². The highest BCUT2D eigenvalue weighted by Gasteiger charge is 2.23. The van der Waals surface area contributed by atoms with E-state index in [0.717, 1.165) is 45.1 Å². The third-order valence-electron chi connectivity index (χ3n) is 4.50. The molecule has 0 spiro atoms. The molecule has 6 nitrogen and oxygen atoms in total. The van der Waals surface area contributed by atoms with Gasteiger partial charge in [-0.1, -0.05) is 19.3 Å². The van der Waals surface area contributed by atoms with Crippen LogP contribution in [0.5, 0.6) is 0 Å². The Morgan fingerprint density at radius 3 is 2.70 bits per heavy atom. The summed E-state index contributed by atoms with van der Waals surface area (Å²) in [7, 11) is -1.69. The van der Waals surface area contributed by atoms with Gasteiger partial charge in [0.2, 0.25) is 0 Å². The minimum atomic E-state index is -3.40. The fourth-order valence-electron chi connectivity index (χ4n) is 3.27. The van der Waals surface area contributed by atoms with Crippen LogP contribution in [-0.2, 0) is 19.0 Å². The summed E-state index contributed by atoms with van der Waals surface area (Å²) in [4.78, 5) is 0. The standard InChI is InChI=1S/C16H30N2O4S/c1-21-14-15-8-7-12-18(15)17-11-5-6-13-23(19,20)22-16-9-3-2-4-10-16/h11,15-16H,2-10,12-14H2,1H3/b17-11+/t15-/m0/s1. The predicted molar refractivity (Wildman–Crippen MR) is 91.1 cm³/mol. The Morgan fingerprint density at radius 2 is 1.96 bits per heavy atom. The molecule has 0 unspecified atom stereocenters. The Balaban J connectivity index is 1.64. The first kappa shape index (κ1) is 18.7. The first-order valence-electron chi connectivity index (χ1n) is 8.80. The van der Waals surface area contributed by atoms with Crippen molar-refractivity contribution in [3.8, 4) is 0 Å². The van der Waals surface area contributed by atoms with Gasteiger partial charge in [0.25, 0.3) is 10.1 Å². The monoisotopic (exact) mass is 346 g/mol. The maximum Gasteiger partial charge on any atom is 0.267 e. The second kappa shape index (κ2) is 9.59. The van der Waals surface area contributed by atoms with Crippen LogP contribution in [0.4, 0.5) is 0 Å². The molecule has 1 atom stereocenters. The molecule has 1 aliphatic heterocycles. The Bertz CT molecular complexity index is 461. The lowest BCUT2D eigenvalue weighted by atomic mass is 9.98. The smallest absolute Gasteiger partial charge is 0.267 e. The summed E-state index contributed by atoms with van der Waals surface area (Å²) in [5.41, 5.74) is 0. The Hall–Kier alpha value is -0.660. The summed E-state index contributed by atoms with van der Waals surface area (Å²) in [6.07, 6.45) is 10.3. The van der Waals surface area contributed by atoms with Crippen molar-refractivity contribution in [1.82, 2.24) is 5.01 Å². The van der Waals surface area contributed by atoms with Crippen molar-refractivity contribution in [1.29, 1.82) is 0 Å². The predicted octanol–water partition coefficient (Wildman–Crippen LogP) is 2.54. The van der Waals surface area contributed by atoms with Gasteiger partial charge in [0.05, 0.1) is 24.5 Å². The summed E-state index contributed by atoms with van der Waals surface area (Å²) >= 11 is 0. The topological polar surface area (TPSA) is 68.2 Å². The Labute approximate surface area is 140 Å². The average Bonchev–Trinajstić information content (AvgIpc) is 2.95. The summed E-state index contributed by atoms with van der Waals surface area (Å²) in [5.74, 6) is 0.0804. The van der Waals surface area contributed by atoms with E-state index in [-0.39, 0.29) is 11.9 Å². The highest BCUT2D eigenvalue weighted by atomic mass is 32.2. The van der Waals surface area contributed by atoms with Crippen LogP contribution in [0, 0.1) is 0 Å². The quantitative estimate of drug-likeness (QED) is 0.365. The van der Waals surface area contributed by atoms with E-state index in [9.17, 15) is 8.42 Å². The van der Waals surface area contributed by atoms with Crippen molar-refractivity contribution in [3.05, 3.63) is 0 Å². The summed E-state index contributed by atoms with van der Waals surface area (Å²) in [5, 5.41) is 6.50. The average molecular weight is 346 g/mol. The number of nitrogens with zero attached hydrogens (tertiary/aromatic N) is 2. The van der Waals surface area contributed by atoms with Crippen LogP contribution < -0.4 is 0 Å². The molecule has 2 rings (SSSR count). The maximum atomic E-state index is 12.0. The fraction of sp³-hybridized carbons (Fsp3) is 0.938. The van der Waals surface area contributed by atoms with Gasteiger partial charge in [0, 0.05) is 19.9 Å². The number of hydrogen-bond donors (Lipinski definition) is 0. The summed E-state index contributed by atoms with van der Waals surface area (Å²) in [6, 6.07) is 0.356. The van der Waals surface area contributed by atoms with Crippen molar-refractivity contribution < 1.29 is 17.3 Å². The summed E-state index contributed by atoms with van der Waals surface area (Å²) < 4.78 is 34.4. The molecule has 0 amide bonds. The minimum Gasteiger partial charge on any atom is -0.382 e. The van der Waals surface area contributed by atoms with Gasteiger partial charge in [-0.25, -0.2) is 0 Å². The molecule has 0 N–H and O–H groups in total. The lowest BCUT2D eigenvalue weighted by Crippen LogP contribution is -2.28. The summed E-state index contributed by atoms with van der Waals surface area (Å²) in [6.45, 7) is 1.65. The molecule has 0 aromatic heterocycles. The Kier molecular flexibility index (Phi) is 7.79. The van der Waals surface area contributed by atoms with Crippen molar-refractivity contribution in [2.24, 2.45) is 5.10 Å². The second-order valence-electron chi connectivity index (χ2n) is 6.47. The minimum absolute atomic E-state index is 0.0804. The highest BCUT2D eigenvalue weighted by Crippen LogP contribution is 2.22. The lowest BCUT2D eigenvalue weighted by Gasteiger charge is -2.21. The highest BCUT2D eigenvalue weighted by molar-refractivity contribution is 7.86. The molecule has 0 aromatic rings. The van der Waals surface area contributed by atoms with Gasteiger partial charge in [-0.3, -0.25) is 9.19 Å². The Morgan fingerprint density at radius 1 is 1.17 bits per heavy atom. The molecule has 2 aliphatic rings. The van der Waals surface area contributed by atoms with Gasteiger partial charge in [0.1, 0.15) is 0 Å². The number of methoxy groups -OCH3 is 1. The molecule has 7 heteroatoms. The molecule has 0 bridgehead atoms. The van der Waals surface area contributed by atoms with E-state index < -0.39 is 10.1 Å². The van der Waals surface area contributed by atoms with Crippen molar-refractivity contribution in [2.45, 2.75) is 69.9 Å². The molecule has 23 heavy (non-hydrogen) atoms. The number of hydrogen-bond acceptors (Lipinski definition) is 6. The van der Waals surface area contributed by atoms with Crippen molar-refractivity contribution in [3.63, 3.8) is 0 Å². The van der Waals surface area contributed by atoms with Gasteiger partial charge in [-0.05, 0) is 38.5 Å². The van der Waals surface area contributed by atoms with E-state index in [4.69, 9.17) is 8.92 Å². The molecule has 134 valence electrons. The first-order valence-corrected chi connectivity index (χ1v) is 10.4. The molecular formula is C16H30N2O4S. The van der Waals surface area contributed by atoms with Crippen LogP contribution in [0.3, 0.4) is 0 Å². The van der Waals surface area contributed by atoms with E-state index >= 15 is 0 Å². The van der Waals surface area contributed by atoms with Gasteiger partial charge in [-0.15, -0.1) is 0 Å². The van der Waals surface area contributed by atoms with Crippen molar-refractivity contribution in [2.75, 3.05) is 26.0 Å². The molecule has 0 aromatic carbocycles. The zero-order chi connectivity index (χ0) is 16.5. The van der Waals surface area contributed by atoms with E-state index in [1.54, 1.807) is 7.11 Å². The van der Waals surface area contributed by atoms with Crippen molar-refractivity contribution >= 4 is 16.3 Å². The lowest BCUT2D eigenvalue weighted by molar-refractivity contribution is 0.118. The number of ether oxygens (including phenoxy) is 1. The van der Waals surface area contributed by atoms with Crippen LogP contribution in [-0.4, -0.2) is 57.8 Å². The molecule has 1 saturated carbocycles. The maximum absolute atomic E-state index is 12.0.